The zero-order valence-electron chi connectivity index (χ0n) is 11.9. The molecule has 2 rings (SSSR count). The molecule has 0 saturated heterocycles. The van der Waals surface area contributed by atoms with Crippen molar-refractivity contribution in [2.75, 3.05) is 11.9 Å². The average Bonchev–Trinajstić information content (AvgIpc) is 2.84. The molecular formula is C16H22N2S. The number of aryl methyl sites for hydroxylation is 1. The third kappa shape index (κ3) is 4.06. The average molecular weight is 274 g/mol. The second kappa shape index (κ2) is 6.71. The van der Waals surface area contributed by atoms with Gasteiger partial charge in [-0.2, -0.15) is 0 Å². The van der Waals surface area contributed by atoms with E-state index in [1.165, 1.54) is 24.1 Å². The highest BCUT2D eigenvalue weighted by atomic mass is 32.1. The summed E-state index contributed by atoms with van der Waals surface area (Å²) >= 11 is 1.70. The standard InChI is InChI=1S/C16H22N2S/c1-4-5-12(2)10-17-15-8-6-14(7-9-15)16-11-19-13(3)18-16/h6-9,11-12,17H,4-5,10H2,1-3H3. The van der Waals surface area contributed by atoms with Crippen molar-refractivity contribution >= 4 is 17.0 Å². The van der Waals surface area contributed by atoms with Crippen LogP contribution in [-0.4, -0.2) is 11.5 Å². The zero-order valence-corrected chi connectivity index (χ0v) is 12.8. The molecule has 0 fully saturated rings. The summed E-state index contributed by atoms with van der Waals surface area (Å²) in [7, 11) is 0. The predicted octanol–water partition coefficient (Wildman–Crippen LogP) is 4.97. The zero-order chi connectivity index (χ0) is 13.7. The number of anilines is 1. The summed E-state index contributed by atoms with van der Waals surface area (Å²) in [5.74, 6) is 0.728. The first-order chi connectivity index (χ1) is 9.19. The molecule has 1 unspecified atom stereocenters. The van der Waals surface area contributed by atoms with Crippen molar-refractivity contribution in [1.82, 2.24) is 4.98 Å². The first-order valence-electron chi connectivity index (χ1n) is 6.95. The lowest BCUT2D eigenvalue weighted by Gasteiger charge is -2.12. The van der Waals surface area contributed by atoms with E-state index < -0.39 is 0 Å². The van der Waals surface area contributed by atoms with Crippen LogP contribution in [0.1, 0.15) is 31.7 Å². The van der Waals surface area contributed by atoms with Gasteiger partial charge in [0.05, 0.1) is 10.7 Å². The lowest BCUT2D eigenvalue weighted by atomic mass is 10.1. The highest BCUT2D eigenvalue weighted by Gasteiger charge is 2.03. The highest BCUT2D eigenvalue weighted by molar-refractivity contribution is 7.09. The first kappa shape index (κ1) is 14.1. The van der Waals surface area contributed by atoms with Crippen molar-refractivity contribution in [2.45, 2.75) is 33.6 Å². The molecule has 1 heterocycles. The van der Waals surface area contributed by atoms with Crippen LogP contribution in [0, 0.1) is 12.8 Å². The summed E-state index contributed by atoms with van der Waals surface area (Å²) in [5, 5.41) is 6.72. The number of nitrogens with one attached hydrogen (secondary N) is 1. The van der Waals surface area contributed by atoms with E-state index in [-0.39, 0.29) is 0 Å². The summed E-state index contributed by atoms with van der Waals surface area (Å²) in [6, 6.07) is 8.56. The Bertz CT molecular complexity index is 502. The lowest BCUT2D eigenvalue weighted by molar-refractivity contribution is 0.551. The molecule has 2 aromatic rings. The van der Waals surface area contributed by atoms with Crippen LogP contribution in [0.3, 0.4) is 0 Å². The Hall–Kier alpha value is -1.35. The third-order valence-electron chi connectivity index (χ3n) is 3.24. The van der Waals surface area contributed by atoms with E-state index in [0.717, 1.165) is 23.2 Å². The van der Waals surface area contributed by atoms with Gasteiger partial charge >= 0.3 is 0 Å². The molecule has 3 heteroatoms. The van der Waals surface area contributed by atoms with Crippen LogP contribution in [0.25, 0.3) is 11.3 Å². The van der Waals surface area contributed by atoms with Crippen molar-refractivity contribution < 1.29 is 0 Å². The Labute approximate surface area is 119 Å². The fraction of sp³-hybridized carbons (Fsp3) is 0.438. The second-order valence-corrected chi connectivity index (χ2v) is 6.17. The van der Waals surface area contributed by atoms with Crippen LogP contribution in [0.2, 0.25) is 0 Å². The number of benzene rings is 1. The number of rotatable bonds is 6. The van der Waals surface area contributed by atoms with Gasteiger partial charge in [0.2, 0.25) is 0 Å². The van der Waals surface area contributed by atoms with Crippen LogP contribution in [0.5, 0.6) is 0 Å². The summed E-state index contributed by atoms with van der Waals surface area (Å²) in [6.45, 7) is 7.62. The number of hydrogen-bond acceptors (Lipinski definition) is 3. The molecule has 0 aliphatic rings. The van der Waals surface area contributed by atoms with Gasteiger partial charge in [0, 0.05) is 23.2 Å². The Morgan fingerprint density at radius 1 is 1.26 bits per heavy atom. The van der Waals surface area contributed by atoms with Crippen LogP contribution in [0.15, 0.2) is 29.6 Å². The maximum Gasteiger partial charge on any atom is 0.0901 e. The maximum absolute atomic E-state index is 4.51. The summed E-state index contributed by atoms with van der Waals surface area (Å²) in [6.07, 6.45) is 2.54. The van der Waals surface area contributed by atoms with Crippen LogP contribution in [0.4, 0.5) is 5.69 Å². The van der Waals surface area contributed by atoms with E-state index in [4.69, 9.17) is 0 Å². The van der Waals surface area contributed by atoms with Gasteiger partial charge in [-0.1, -0.05) is 32.4 Å². The second-order valence-electron chi connectivity index (χ2n) is 5.10. The molecule has 0 amide bonds. The molecule has 1 aromatic heterocycles. The normalized spacial score (nSPS) is 12.4. The van der Waals surface area contributed by atoms with Gasteiger partial charge < -0.3 is 5.32 Å². The summed E-state index contributed by atoms with van der Waals surface area (Å²) in [4.78, 5) is 4.51. The van der Waals surface area contributed by atoms with E-state index in [0.29, 0.717) is 0 Å². The van der Waals surface area contributed by atoms with Crippen molar-refractivity contribution in [2.24, 2.45) is 5.92 Å². The fourth-order valence-corrected chi connectivity index (χ4v) is 2.76. The Balaban J connectivity index is 1.95. The van der Waals surface area contributed by atoms with E-state index in [2.05, 4.69) is 53.8 Å². The molecule has 0 saturated carbocycles. The van der Waals surface area contributed by atoms with Crippen molar-refractivity contribution in [3.63, 3.8) is 0 Å². The smallest absolute Gasteiger partial charge is 0.0901 e. The third-order valence-corrected chi connectivity index (χ3v) is 4.01. The molecule has 0 aliphatic heterocycles. The van der Waals surface area contributed by atoms with Gasteiger partial charge in [0.25, 0.3) is 0 Å². The van der Waals surface area contributed by atoms with Crippen molar-refractivity contribution in [1.29, 1.82) is 0 Å². The minimum atomic E-state index is 0.728. The van der Waals surface area contributed by atoms with Gasteiger partial charge in [-0.3, -0.25) is 0 Å². The summed E-state index contributed by atoms with van der Waals surface area (Å²) in [5.41, 5.74) is 3.46. The van der Waals surface area contributed by atoms with Crippen LogP contribution < -0.4 is 5.32 Å². The topological polar surface area (TPSA) is 24.9 Å². The fourth-order valence-electron chi connectivity index (χ4n) is 2.14. The van der Waals surface area contributed by atoms with Gasteiger partial charge in [0.15, 0.2) is 0 Å². The van der Waals surface area contributed by atoms with E-state index >= 15 is 0 Å². The van der Waals surface area contributed by atoms with Crippen molar-refractivity contribution in [3.8, 4) is 11.3 Å². The maximum atomic E-state index is 4.51. The molecule has 0 radical (unpaired) electrons. The number of nitrogens with zero attached hydrogens (tertiary/aromatic N) is 1. The molecule has 2 nitrogen and oxygen atoms in total. The van der Waals surface area contributed by atoms with Crippen LogP contribution in [-0.2, 0) is 0 Å². The molecule has 1 aromatic carbocycles. The SMILES string of the molecule is CCCC(C)CNc1ccc(-c2csc(C)n2)cc1. The van der Waals surface area contributed by atoms with E-state index in [1.54, 1.807) is 11.3 Å². The van der Waals surface area contributed by atoms with Gasteiger partial charge in [-0.05, 0) is 31.4 Å². The largest absolute Gasteiger partial charge is 0.385 e. The number of thiazole rings is 1. The molecule has 19 heavy (non-hydrogen) atoms. The lowest BCUT2D eigenvalue weighted by Crippen LogP contribution is -2.10. The molecule has 1 atom stereocenters. The summed E-state index contributed by atoms with van der Waals surface area (Å²) < 4.78 is 0. The minimum Gasteiger partial charge on any atom is -0.385 e. The van der Waals surface area contributed by atoms with Crippen molar-refractivity contribution in [3.05, 3.63) is 34.7 Å². The minimum absolute atomic E-state index is 0.728. The molecule has 0 aliphatic carbocycles. The van der Waals surface area contributed by atoms with Gasteiger partial charge in [-0.15, -0.1) is 11.3 Å². The van der Waals surface area contributed by atoms with Gasteiger partial charge in [-0.25, -0.2) is 4.98 Å². The Kier molecular flexibility index (Phi) is 4.97. The molecule has 0 bridgehead atoms. The molecule has 0 spiro atoms. The molecular weight excluding hydrogens is 252 g/mol. The molecule has 102 valence electrons. The first-order valence-corrected chi connectivity index (χ1v) is 7.83. The van der Waals surface area contributed by atoms with E-state index in [1.807, 2.05) is 6.92 Å². The Morgan fingerprint density at radius 2 is 2.00 bits per heavy atom. The predicted molar refractivity (Wildman–Crippen MR) is 84.8 cm³/mol. The van der Waals surface area contributed by atoms with Crippen LogP contribution >= 0.6 is 11.3 Å². The monoisotopic (exact) mass is 274 g/mol. The van der Waals surface area contributed by atoms with E-state index in [9.17, 15) is 0 Å². The molecule has 1 N–H and O–H groups in total. The van der Waals surface area contributed by atoms with Gasteiger partial charge in [0.1, 0.15) is 0 Å². The highest BCUT2D eigenvalue weighted by Crippen LogP contribution is 2.23. The quantitative estimate of drug-likeness (QED) is 0.804. The number of hydrogen-bond donors (Lipinski definition) is 1. The Morgan fingerprint density at radius 3 is 2.58 bits per heavy atom. The number of aromatic nitrogens is 1.